The van der Waals surface area contributed by atoms with E-state index in [1.165, 1.54) is 0 Å². The van der Waals surface area contributed by atoms with Gasteiger partial charge in [0.25, 0.3) is 0 Å². The molecule has 29 heavy (non-hydrogen) atoms. The quantitative estimate of drug-likeness (QED) is 0.601. The van der Waals surface area contributed by atoms with E-state index in [9.17, 15) is 8.78 Å². The fourth-order valence-electron chi connectivity index (χ4n) is 2.96. The van der Waals surface area contributed by atoms with E-state index in [1.807, 2.05) is 24.2 Å². The highest BCUT2D eigenvalue weighted by atomic mass is 19.1. The molecule has 2 heterocycles. The molecule has 148 valence electrons. The molecule has 0 bridgehead atoms. The lowest BCUT2D eigenvalue weighted by Gasteiger charge is -2.15. The van der Waals surface area contributed by atoms with Gasteiger partial charge in [0.1, 0.15) is 11.6 Å². The monoisotopic (exact) mass is 392 g/mol. The minimum Gasteiger partial charge on any atom is -0.379 e. The molecule has 0 radical (unpaired) electrons. The van der Waals surface area contributed by atoms with Gasteiger partial charge in [-0.25, -0.2) is 8.78 Å². The van der Waals surface area contributed by atoms with Crippen LogP contribution in [-0.2, 0) is 0 Å². The van der Waals surface area contributed by atoms with Gasteiger partial charge in [-0.1, -0.05) is 12.7 Å². The average Bonchev–Trinajstić information content (AvgIpc) is 2.74. The van der Waals surface area contributed by atoms with Crippen LogP contribution >= 0.6 is 0 Å². The number of hydrogen-bond donors (Lipinski definition) is 1. The lowest BCUT2D eigenvalue weighted by molar-refractivity contribution is 0.469. The van der Waals surface area contributed by atoms with Gasteiger partial charge in [-0.2, -0.15) is 0 Å². The summed E-state index contributed by atoms with van der Waals surface area (Å²) in [6.07, 6.45) is 8.76. The maximum Gasteiger partial charge on any atom is 0.132 e. The molecule has 0 aliphatic carbocycles. The first-order chi connectivity index (χ1) is 14.0. The highest BCUT2D eigenvalue weighted by Crippen LogP contribution is 2.28. The van der Waals surface area contributed by atoms with Crippen molar-refractivity contribution in [2.45, 2.75) is 0 Å². The number of likely N-dealkylation sites (N-methyl/N-ethyl adjacent to an activating group) is 1. The van der Waals surface area contributed by atoms with E-state index in [0.29, 0.717) is 12.2 Å². The Labute approximate surface area is 169 Å². The molecule has 6 heteroatoms. The maximum atomic E-state index is 14.1. The minimum atomic E-state index is -0.525. The number of nitrogens with zero attached hydrogens (tertiary/aromatic N) is 3. The Morgan fingerprint density at radius 2 is 1.97 bits per heavy atom. The molecule has 3 aromatic rings. The summed E-state index contributed by atoms with van der Waals surface area (Å²) >= 11 is 0. The Bertz CT molecular complexity index is 1050. The van der Waals surface area contributed by atoms with Crippen LogP contribution in [0.2, 0.25) is 0 Å². The van der Waals surface area contributed by atoms with Gasteiger partial charge >= 0.3 is 0 Å². The fourth-order valence-corrected chi connectivity index (χ4v) is 2.96. The van der Waals surface area contributed by atoms with Crippen molar-refractivity contribution in [3.8, 4) is 22.4 Å². The number of rotatable bonds is 7. The molecule has 0 saturated heterocycles. The van der Waals surface area contributed by atoms with Crippen LogP contribution in [0.5, 0.6) is 0 Å². The molecule has 0 amide bonds. The molecule has 3 rings (SSSR count). The first-order valence-electron chi connectivity index (χ1n) is 9.13. The molecule has 1 aromatic carbocycles. The third kappa shape index (κ3) is 4.92. The summed E-state index contributed by atoms with van der Waals surface area (Å²) < 4.78 is 27.7. The molecule has 4 nitrogen and oxygen atoms in total. The van der Waals surface area contributed by atoms with Gasteiger partial charge in [-0.15, -0.1) is 0 Å². The Hall–Kier alpha value is -3.38. The Kier molecular flexibility index (Phi) is 6.46. The normalized spacial score (nSPS) is 11.4. The van der Waals surface area contributed by atoms with Crippen LogP contribution in [0, 0.1) is 11.6 Å². The van der Waals surface area contributed by atoms with Crippen LogP contribution in [0.25, 0.3) is 28.0 Å². The summed E-state index contributed by atoms with van der Waals surface area (Å²) in [6.45, 7) is 5.15. The van der Waals surface area contributed by atoms with Crippen molar-refractivity contribution >= 4 is 5.57 Å². The largest absolute Gasteiger partial charge is 0.379 e. The smallest absolute Gasteiger partial charge is 0.132 e. The van der Waals surface area contributed by atoms with Gasteiger partial charge in [-0.05, 0) is 47.5 Å². The molecule has 0 saturated carbocycles. The third-order valence-corrected chi connectivity index (χ3v) is 4.43. The van der Waals surface area contributed by atoms with Gasteiger partial charge in [-0.3, -0.25) is 9.97 Å². The zero-order chi connectivity index (χ0) is 20.8. The van der Waals surface area contributed by atoms with Crippen molar-refractivity contribution in [3.63, 3.8) is 0 Å². The summed E-state index contributed by atoms with van der Waals surface area (Å²) in [4.78, 5) is 10.5. The Balaban J connectivity index is 1.99. The van der Waals surface area contributed by atoms with Crippen molar-refractivity contribution in [2.24, 2.45) is 5.73 Å². The fraction of sp³-hybridized carbons (Fsp3) is 0.130. The van der Waals surface area contributed by atoms with E-state index in [-0.39, 0.29) is 5.56 Å². The van der Waals surface area contributed by atoms with Crippen molar-refractivity contribution in [3.05, 3.63) is 91.0 Å². The SMILES string of the molecule is C=C/C(=C\N(C)CCN)c1cncc(-c2ccnc(-c3cc(F)ccc3F)c2)c1. The van der Waals surface area contributed by atoms with Crippen LogP contribution in [0.1, 0.15) is 5.56 Å². The van der Waals surface area contributed by atoms with Gasteiger partial charge in [0.15, 0.2) is 0 Å². The molecule has 0 aliphatic heterocycles. The van der Waals surface area contributed by atoms with Gasteiger partial charge in [0, 0.05) is 61.6 Å². The van der Waals surface area contributed by atoms with E-state index in [4.69, 9.17) is 5.73 Å². The molecule has 0 atom stereocenters. The van der Waals surface area contributed by atoms with Crippen molar-refractivity contribution < 1.29 is 8.78 Å². The van der Waals surface area contributed by atoms with Crippen LogP contribution in [0.4, 0.5) is 8.78 Å². The molecular formula is C23H22F2N4. The number of allylic oxidation sites excluding steroid dienone is 2. The lowest BCUT2D eigenvalue weighted by Crippen LogP contribution is -2.20. The molecule has 0 fully saturated rings. The first-order valence-corrected chi connectivity index (χ1v) is 9.13. The highest BCUT2D eigenvalue weighted by molar-refractivity contribution is 5.77. The lowest BCUT2D eigenvalue weighted by atomic mass is 10.0. The van der Waals surface area contributed by atoms with E-state index in [2.05, 4.69) is 16.5 Å². The van der Waals surface area contributed by atoms with Gasteiger partial charge in [0.05, 0.1) is 5.69 Å². The first kappa shape index (κ1) is 20.4. The van der Waals surface area contributed by atoms with Crippen LogP contribution in [0.3, 0.4) is 0 Å². The number of aromatic nitrogens is 2. The molecule has 0 spiro atoms. The molecule has 0 unspecified atom stereocenters. The van der Waals surface area contributed by atoms with Crippen LogP contribution in [-0.4, -0.2) is 35.0 Å². The second-order valence-corrected chi connectivity index (χ2v) is 6.57. The summed E-state index contributed by atoms with van der Waals surface area (Å²) in [5.74, 6) is -1.04. The van der Waals surface area contributed by atoms with E-state index < -0.39 is 11.6 Å². The number of nitrogens with two attached hydrogens (primary N) is 1. The third-order valence-electron chi connectivity index (χ3n) is 4.43. The van der Waals surface area contributed by atoms with Gasteiger partial charge < -0.3 is 10.6 Å². The Morgan fingerprint density at radius 3 is 2.72 bits per heavy atom. The van der Waals surface area contributed by atoms with E-state index in [1.54, 1.807) is 36.8 Å². The van der Waals surface area contributed by atoms with Crippen molar-refractivity contribution in [1.82, 2.24) is 14.9 Å². The zero-order valence-electron chi connectivity index (χ0n) is 16.1. The van der Waals surface area contributed by atoms with Crippen molar-refractivity contribution in [1.29, 1.82) is 0 Å². The summed E-state index contributed by atoms with van der Waals surface area (Å²) in [7, 11) is 1.94. The topological polar surface area (TPSA) is 55.0 Å². The average molecular weight is 392 g/mol. The molecule has 0 aliphatic rings. The van der Waals surface area contributed by atoms with E-state index in [0.717, 1.165) is 47.0 Å². The predicted octanol–water partition coefficient (Wildman–Crippen LogP) is 4.51. The molecule has 2 aromatic heterocycles. The minimum absolute atomic E-state index is 0.117. The number of benzene rings is 1. The Morgan fingerprint density at radius 1 is 1.14 bits per heavy atom. The van der Waals surface area contributed by atoms with Crippen LogP contribution in [0.15, 0.2) is 73.8 Å². The summed E-state index contributed by atoms with van der Waals surface area (Å²) in [6, 6.07) is 8.82. The van der Waals surface area contributed by atoms with Gasteiger partial charge in [0.2, 0.25) is 0 Å². The maximum absolute atomic E-state index is 14.1. The van der Waals surface area contributed by atoms with Crippen molar-refractivity contribution in [2.75, 3.05) is 20.1 Å². The zero-order valence-corrected chi connectivity index (χ0v) is 16.1. The predicted molar refractivity (Wildman–Crippen MR) is 113 cm³/mol. The molecule has 2 N–H and O–H groups in total. The number of pyridine rings is 2. The second-order valence-electron chi connectivity index (χ2n) is 6.57. The van der Waals surface area contributed by atoms with E-state index >= 15 is 0 Å². The van der Waals surface area contributed by atoms with Crippen LogP contribution < -0.4 is 5.73 Å². The summed E-state index contributed by atoms with van der Waals surface area (Å²) in [5.41, 5.74) is 9.49. The number of hydrogen-bond acceptors (Lipinski definition) is 4. The standard InChI is InChI=1S/C23H22F2N4/c1-3-16(15-29(2)9-7-26)18-10-19(14-27-13-18)17-6-8-28-23(11-17)21-12-20(24)4-5-22(21)25/h3-6,8,10-15H,1,7,9,26H2,2H3/b16-15+. The number of halogens is 2. The highest BCUT2D eigenvalue weighted by Gasteiger charge is 2.10. The second kappa shape index (κ2) is 9.21. The molecular weight excluding hydrogens is 370 g/mol. The summed E-state index contributed by atoms with van der Waals surface area (Å²) in [5, 5.41) is 0.